The summed E-state index contributed by atoms with van der Waals surface area (Å²) in [5.41, 5.74) is 5.98. The number of hydrogen-bond donors (Lipinski definition) is 1. The van der Waals surface area contributed by atoms with Crippen LogP contribution in [0.2, 0.25) is 0 Å². The van der Waals surface area contributed by atoms with Crippen molar-refractivity contribution in [2.75, 3.05) is 5.73 Å². The van der Waals surface area contributed by atoms with Crippen molar-refractivity contribution in [1.82, 2.24) is 0 Å². The molecule has 1 aromatic carbocycles. The van der Waals surface area contributed by atoms with E-state index in [1.165, 1.54) is 19.1 Å². The summed E-state index contributed by atoms with van der Waals surface area (Å²) in [5, 5.41) is 0. The number of anilines is 1. The van der Waals surface area contributed by atoms with Crippen molar-refractivity contribution in [3.63, 3.8) is 0 Å². The van der Waals surface area contributed by atoms with Gasteiger partial charge in [0.2, 0.25) is 0 Å². The first-order valence-electron chi connectivity index (χ1n) is 3.28. The number of carbonyl (C=O) groups is 1. The molecule has 0 radical (unpaired) electrons. The highest BCUT2D eigenvalue weighted by Gasteiger charge is 2.09. The summed E-state index contributed by atoms with van der Waals surface area (Å²) in [6, 6.07) is 2.62. The molecule has 0 aliphatic carbocycles. The zero-order valence-electron chi connectivity index (χ0n) is 6.40. The third kappa shape index (κ3) is 1.74. The number of hydrogen-bond acceptors (Lipinski definition) is 2. The van der Waals surface area contributed by atoms with Gasteiger partial charge in [0.1, 0.15) is 5.82 Å². The molecule has 2 nitrogen and oxygen atoms in total. The Labute approximate surface area is 83.1 Å². The number of Topliss-reactive ketones (excluding diaryl/α,β-unsaturated/α-hetero) is 1. The zero-order chi connectivity index (χ0) is 9.30. The van der Waals surface area contributed by atoms with E-state index in [1.54, 1.807) is 0 Å². The number of nitrogens with two attached hydrogens (primary N) is 1. The summed E-state index contributed by atoms with van der Waals surface area (Å²) in [6.07, 6.45) is 0. The maximum Gasteiger partial charge on any atom is 0.162 e. The summed E-state index contributed by atoms with van der Waals surface area (Å²) in [5.74, 6) is -0.822. The van der Waals surface area contributed by atoms with Gasteiger partial charge in [0.15, 0.2) is 5.78 Å². The fraction of sp³-hybridized carbons (Fsp3) is 0.125. The smallest absolute Gasteiger partial charge is 0.162 e. The van der Waals surface area contributed by atoms with Crippen LogP contribution in [0.3, 0.4) is 0 Å². The minimum absolute atomic E-state index is 0.0490. The molecule has 0 atom stereocenters. The van der Waals surface area contributed by atoms with E-state index in [1.807, 2.05) is 22.6 Å². The first kappa shape index (κ1) is 9.44. The fourth-order valence-corrected chi connectivity index (χ4v) is 1.26. The van der Waals surface area contributed by atoms with Crippen LogP contribution in [0, 0.1) is 9.39 Å². The van der Waals surface area contributed by atoms with Gasteiger partial charge >= 0.3 is 0 Å². The zero-order valence-corrected chi connectivity index (χ0v) is 8.55. The lowest BCUT2D eigenvalue weighted by Gasteiger charge is -2.02. The monoisotopic (exact) mass is 279 g/mol. The molecule has 1 aromatic rings. The van der Waals surface area contributed by atoms with Crippen LogP contribution in [0.25, 0.3) is 0 Å². The Hall–Kier alpha value is -0.650. The van der Waals surface area contributed by atoms with Gasteiger partial charge in [0, 0.05) is 9.26 Å². The van der Waals surface area contributed by atoms with E-state index in [-0.39, 0.29) is 11.3 Å². The molecule has 0 fully saturated rings. The van der Waals surface area contributed by atoms with E-state index in [0.29, 0.717) is 9.26 Å². The molecule has 0 saturated carbocycles. The van der Waals surface area contributed by atoms with Crippen molar-refractivity contribution in [2.45, 2.75) is 6.92 Å². The van der Waals surface area contributed by atoms with Gasteiger partial charge in [0.25, 0.3) is 0 Å². The number of ketones is 1. The number of carbonyl (C=O) groups excluding carboxylic acids is 1. The van der Waals surface area contributed by atoms with E-state index in [2.05, 4.69) is 0 Å². The largest absolute Gasteiger partial charge is 0.398 e. The quantitative estimate of drug-likeness (QED) is 0.486. The Morgan fingerprint density at radius 1 is 1.58 bits per heavy atom. The van der Waals surface area contributed by atoms with Crippen molar-refractivity contribution < 1.29 is 9.18 Å². The van der Waals surface area contributed by atoms with E-state index in [4.69, 9.17) is 5.73 Å². The highest BCUT2D eigenvalue weighted by Crippen LogP contribution is 2.19. The van der Waals surface area contributed by atoms with E-state index in [0.717, 1.165) is 0 Å². The molecule has 0 spiro atoms. The summed E-state index contributed by atoms with van der Waals surface area (Å²) in [7, 11) is 0. The van der Waals surface area contributed by atoms with Crippen LogP contribution in [-0.4, -0.2) is 5.78 Å². The fourth-order valence-electron chi connectivity index (χ4n) is 0.836. The van der Waals surface area contributed by atoms with Crippen LogP contribution in [0.15, 0.2) is 12.1 Å². The Kier molecular flexibility index (Phi) is 2.66. The Bertz CT molecular complexity index is 338. The molecular weight excluding hydrogens is 272 g/mol. The van der Waals surface area contributed by atoms with Gasteiger partial charge in [-0.2, -0.15) is 0 Å². The van der Waals surface area contributed by atoms with Gasteiger partial charge in [-0.15, -0.1) is 0 Å². The topological polar surface area (TPSA) is 43.1 Å². The van der Waals surface area contributed by atoms with Crippen molar-refractivity contribution >= 4 is 34.1 Å². The molecule has 1 rings (SSSR count). The third-order valence-electron chi connectivity index (χ3n) is 1.47. The second-order valence-electron chi connectivity index (χ2n) is 2.41. The standard InChI is InChI=1S/C8H7FINO/c1-4(12)5-2-8(11)7(10)3-6(5)9/h2-3H,11H2,1H3. The van der Waals surface area contributed by atoms with E-state index >= 15 is 0 Å². The molecule has 0 aliphatic heterocycles. The molecular formula is C8H7FINO. The van der Waals surface area contributed by atoms with E-state index in [9.17, 15) is 9.18 Å². The first-order chi connectivity index (χ1) is 5.52. The van der Waals surface area contributed by atoms with Crippen LogP contribution in [0.1, 0.15) is 17.3 Å². The van der Waals surface area contributed by atoms with Crippen molar-refractivity contribution in [3.05, 3.63) is 27.1 Å². The summed E-state index contributed by atoms with van der Waals surface area (Å²) >= 11 is 1.91. The summed E-state index contributed by atoms with van der Waals surface area (Å²) in [4.78, 5) is 10.8. The molecule has 0 heterocycles. The number of halogens is 2. The minimum Gasteiger partial charge on any atom is -0.398 e. The molecule has 0 aromatic heterocycles. The summed E-state index contributed by atoms with van der Waals surface area (Å²) in [6.45, 7) is 1.31. The van der Waals surface area contributed by atoms with Gasteiger partial charge in [0.05, 0.1) is 5.56 Å². The van der Waals surface area contributed by atoms with Crippen LogP contribution in [-0.2, 0) is 0 Å². The molecule has 0 unspecified atom stereocenters. The maximum atomic E-state index is 13.0. The van der Waals surface area contributed by atoms with Crippen LogP contribution in [0.4, 0.5) is 10.1 Å². The van der Waals surface area contributed by atoms with E-state index < -0.39 is 5.82 Å². The Morgan fingerprint density at radius 3 is 2.67 bits per heavy atom. The molecule has 0 saturated heterocycles. The molecule has 0 aliphatic rings. The molecule has 64 valence electrons. The average molecular weight is 279 g/mol. The Morgan fingerprint density at radius 2 is 2.17 bits per heavy atom. The highest BCUT2D eigenvalue weighted by atomic mass is 127. The second kappa shape index (κ2) is 3.38. The lowest BCUT2D eigenvalue weighted by Crippen LogP contribution is -2.00. The van der Waals surface area contributed by atoms with Gasteiger partial charge in [-0.05, 0) is 41.6 Å². The van der Waals surface area contributed by atoms with Crippen molar-refractivity contribution in [3.8, 4) is 0 Å². The third-order valence-corrected chi connectivity index (χ3v) is 2.40. The molecule has 2 N–H and O–H groups in total. The number of rotatable bonds is 1. The van der Waals surface area contributed by atoms with Crippen LogP contribution < -0.4 is 5.73 Å². The predicted octanol–water partition coefficient (Wildman–Crippen LogP) is 2.22. The van der Waals surface area contributed by atoms with Crippen LogP contribution >= 0.6 is 22.6 Å². The number of benzene rings is 1. The van der Waals surface area contributed by atoms with Crippen LogP contribution in [0.5, 0.6) is 0 Å². The molecule has 0 bridgehead atoms. The first-order valence-corrected chi connectivity index (χ1v) is 4.35. The van der Waals surface area contributed by atoms with Gasteiger partial charge < -0.3 is 5.73 Å². The predicted molar refractivity (Wildman–Crippen MR) is 53.5 cm³/mol. The van der Waals surface area contributed by atoms with Gasteiger partial charge in [-0.1, -0.05) is 0 Å². The SMILES string of the molecule is CC(=O)c1cc(N)c(I)cc1F. The van der Waals surface area contributed by atoms with Gasteiger partial charge in [-0.25, -0.2) is 4.39 Å². The average Bonchev–Trinajstić information content (AvgIpc) is 1.96. The molecule has 4 heteroatoms. The summed E-state index contributed by atoms with van der Waals surface area (Å²) < 4.78 is 13.6. The Balaban J connectivity index is 3.33. The van der Waals surface area contributed by atoms with Crippen molar-refractivity contribution in [2.24, 2.45) is 0 Å². The normalized spacial score (nSPS) is 9.92. The minimum atomic E-state index is -0.513. The maximum absolute atomic E-state index is 13.0. The lowest BCUT2D eigenvalue weighted by molar-refractivity contribution is 0.101. The second-order valence-corrected chi connectivity index (χ2v) is 3.57. The van der Waals surface area contributed by atoms with Gasteiger partial charge in [-0.3, -0.25) is 4.79 Å². The molecule has 12 heavy (non-hydrogen) atoms. The molecule has 0 amide bonds. The lowest BCUT2D eigenvalue weighted by atomic mass is 10.1. The van der Waals surface area contributed by atoms with Crippen molar-refractivity contribution in [1.29, 1.82) is 0 Å². The number of nitrogen functional groups attached to an aromatic ring is 1. The highest BCUT2D eigenvalue weighted by molar-refractivity contribution is 14.1.